The van der Waals surface area contributed by atoms with Crippen molar-refractivity contribution < 1.29 is 22.8 Å². The van der Waals surface area contributed by atoms with Gasteiger partial charge in [-0.1, -0.05) is 19.1 Å². The average molecular weight is 422 g/mol. The summed E-state index contributed by atoms with van der Waals surface area (Å²) in [6.07, 6.45) is -2.15. The van der Waals surface area contributed by atoms with Crippen molar-refractivity contribution >= 4 is 35.0 Å². The second-order valence-corrected chi connectivity index (χ2v) is 8.15. The summed E-state index contributed by atoms with van der Waals surface area (Å²) in [7, 11) is 0. The Kier molecular flexibility index (Phi) is 6.52. The Balaban J connectivity index is 1.65. The van der Waals surface area contributed by atoms with Crippen molar-refractivity contribution in [2.75, 3.05) is 10.6 Å². The topological polar surface area (TPSA) is 58.2 Å². The lowest BCUT2D eigenvalue weighted by atomic mass is 10.2. The molecule has 0 aromatic heterocycles. The number of hydrogen-bond donors (Lipinski definition) is 2. The summed E-state index contributed by atoms with van der Waals surface area (Å²) >= 11 is 1.31. The summed E-state index contributed by atoms with van der Waals surface area (Å²) in [6, 6.07) is 11.8. The minimum Gasteiger partial charge on any atom is -0.326 e. The Hall–Kier alpha value is -2.48. The summed E-state index contributed by atoms with van der Waals surface area (Å²) in [5, 5.41) is 4.94. The maximum Gasteiger partial charge on any atom is 0.416 e. The number of carbonyl (C=O) groups is 2. The zero-order chi connectivity index (χ0) is 21.0. The summed E-state index contributed by atoms with van der Waals surface area (Å²) in [5.74, 6) is -0.279. The molecule has 1 aliphatic carbocycles. The third-order valence-corrected chi connectivity index (χ3v) is 5.81. The molecule has 4 nitrogen and oxygen atoms in total. The summed E-state index contributed by atoms with van der Waals surface area (Å²) in [4.78, 5) is 25.3. The molecular formula is C21H21F3N2O2S. The van der Waals surface area contributed by atoms with Crippen molar-refractivity contribution in [1.82, 2.24) is 0 Å². The number of anilines is 2. The van der Waals surface area contributed by atoms with Gasteiger partial charge < -0.3 is 10.6 Å². The molecule has 0 radical (unpaired) electrons. The van der Waals surface area contributed by atoms with Crippen LogP contribution in [0.5, 0.6) is 0 Å². The summed E-state index contributed by atoms with van der Waals surface area (Å²) < 4.78 is 38.6. The number of hydrogen-bond acceptors (Lipinski definition) is 3. The van der Waals surface area contributed by atoms with Gasteiger partial charge in [0.2, 0.25) is 11.8 Å². The fourth-order valence-corrected chi connectivity index (χ4v) is 3.73. The summed E-state index contributed by atoms with van der Waals surface area (Å²) in [5.41, 5.74) is -0.0375. The number of nitrogens with one attached hydrogen (secondary N) is 2. The SMILES string of the molecule is CCC(Sc1cccc(NC(=O)C2CC2)c1)C(=O)Nc1cccc(C(F)(F)F)c1. The Morgan fingerprint density at radius 3 is 2.34 bits per heavy atom. The molecule has 0 spiro atoms. The van der Waals surface area contributed by atoms with Crippen LogP contribution in [0.1, 0.15) is 31.7 Å². The van der Waals surface area contributed by atoms with Gasteiger partial charge in [0.05, 0.1) is 10.8 Å². The van der Waals surface area contributed by atoms with Gasteiger partial charge in [0, 0.05) is 22.2 Å². The van der Waals surface area contributed by atoms with E-state index in [9.17, 15) is 22.8 Å². The van der Waals surface area contributed by atoms with Gasteiger partial charge >= 0.3 is 6.18 Å². The molecule has 1 unspecified atom stereocenters. The monoisotopic (exact) mass is 422 g/mol. The quantitative estimate of drug-likeness (QED) is 0.574. The van der Waals surface area contributed by atoms with Crippen molar-refractivity contribution in [3.63, 3.8) is 0 Å². The van der Waals surface area contributed by atoms with Crippen molar-refractivity contribution in [1.29, 1.82) is 0 Å². The first-order chi connectivity index (χ1) is 13.8. The van der Waals surface area contributed by atoms with Gasteiger partial charge in [-0.3, -0.25) is 9.59 Å². The van der Waals surface area contributed by atoms with Crippen LogP contribution in [0.3, 0.4) is 0 Å². The Morgan fingerprint density at radius 1 is 1.07 bits per heavy atom. The van der Waals surface area contributed by atoms with E-state index in [1.54, 1.807) is 18.2 Å². The molecule has 8 heteroatoms. The molecule has 2 amide bonds. The number of rotatable bonds is 7. The molecule has 0 saturated heterocycles. The molecule has 3 rings (SSSR count). The highest BCUT2D eigenvalue weighted by Crippen LogP contribution is 2.33. The van der Waals surface area contributed by atoms with Crippen LogP contribution in [-0.2, 0) is 15.8 Å². The lowest BCUT2D eigenvalue weighted by Crippen LogP contribution is -2.24. The van der Waals surface area contributed by atoms with E-state index in [2.05, 4.69) is 10.6 Å². The minimum absolute atomic E-state index is 0.00137. The number of thioether (sulfide) groups is 1. The van der Waals surface area contributed by atoms with E-state index >= 15 is 0 Å². The average Bonchev–Trinajstić information content (AvgIpc) is 3.51. The number of benzene rings is 2. The van der Waals surface area contributed by atoms with Gasteiger partial charge in [-0.25, -0.2) is 0 Å². The van der Waals surface area contributed by atoms with E-state index in [1.807, 2.05) is 13.0 Å². The molecule has 1 saturated carbocycles. The van der Waals surface area contributed by atoms with Crippen LogP contribution in [-0.4, -0.2) is 17.1 Å². The van der Waals surface area contributed by atoms with Crippen molar-refractivity contribution in [2.24, 2.45) is 5.92 Å². The smallest absolute Gasteiger partial charge is 0.326 e. The van der Waals surface area contributed by atoms with E-state index < -0.39 is 17.0 Å². The van der Waals surface area contributed by atoms with Crippen LogP contribution in [0.4, 0.5) is 24.5 Å². The number of halogens is 3. The lowest BCUT2D eigenvalue weighted by molar-refractivity contribution is -0.137. The van der Waals surface area contributed by atoms with Gasteiger partial charge in [-0.15, -0.1) is 11.8 Å². The van der Waals surface area contributed by atoms with Gasteiger partial charge in [-0.2, -0.15) is 13.2 Å². The third-order valence-electron chi connectivity index (χ3n) is 4.45. The number of alkyl halides is 3. The first kappa shape index (κ1) is 21.2. The third kappa shape index (κ3) is 6.00. The maximum absolute atomic E-state index is 12.9. The maximum atomic E-state index is 12.9. The summed E-state index contributed by atoms with van der Waals surface area (Å²) in [6.45, 7) is 1.84. The van der Waals surface area contributed by atoms with Crippen LogP contribution in [0.2, 0.25) is 0 Å². The van der Waals surface area contributed by atoms with Crippen molar-refractivity contribution in [2.45, 2.75) is 42.5 Å². The predicted molar refractivity (Wildman–Crippen MR) is 108 cm³/mol. The lowest BCUT2D eigenvalue weighted by Gasteiger charge is -2.16. The second kappa shape index (κ2) is 8.90. The predicted octanol–water partition coefficient (Wildman–Crippen LogP) is 5.56. The highest BCUT2D eigenvalue weighted by atomic mass is 32.2. The molecule has 0 aliphatic heterocycles. The van der Waals surface area contributed by atoms with Crippen molar-refractivity contribution in [3.8, 4) is 0 Å². The highest BCUT2D eigenvalue weighted by Gasteiger charge is 2.31. The standard InChI is InChI=1S/C21H21F3N2O2S/c1-2-18(20(28)26-15-6-3-5-14(11-15)21(22,23)24)29-17-8-4-7-16(12-17)25-19(27)13-9-10-13/h3-8,11-13,18H,2,9-10H2,1H3,(H,25,27)(H,26,28). The van der Waals surface area contributed by atoms with Crippen LogP contribution >= 0.6 is 11.8 Å². The van der Waals surface area contributed by atoms with Crippen LogP contribution in [0, 0.1) is 5.92 Å². The second-order valence-electron chi connectivity index (χ2n) is 6.87. The van der Waals surface area contributed by atoms with E-state index in [1.165, 1.54) is 23.9 Å². The number of carbonyl (C=O) groups excluding carboxylic acids is 2. The Bertz CT molecular complexity index is 897. The van der Waals surface area contributed by atoms with E-state index in [-0.39, 0.29) is 23.4 Å². The number of amides is 2. The molecule has 1 aliphatic rings. The first-order valence-electron chi connectivity index (χ1n) is 9.32. The van der Waals surface area contributed by atoms with Gasteiger partial charge in [-0.05, 0) is 55.7 Å². The molecule has 0 heterocycles. The molecule has 1 atom stereocenters. The Labute approximate surface area is 171 Å². The minimum atomic E-state index is -4.47. The molecule has 0 bridgehead atoms. The van der Waals surface area contributed by atoms with Gasteiger partial charge in [0.25, 0.3) is 0 Å². The van der Waals surface area contributed by atoms with Gasteiger partial charge in [0.15, 0.2) is 0 Å². The molecule has 29 heavy (non-hydrogen) atoms. The van der Waals surface area contributed by atoms with Crippen LogP contribution < -0.4 is 10.6 Å². The molecule has 154 valence electrons. The molecule has 2 N–H and O–H groups in total. The molecular weight excluding hydrogens is 401 g/mol. The fraction of sp³-hybridized carbons (Fsp3) is 0.333. The van der Waals surface area contributed by atoms with Crippen LogP contribution in [0.25, 0.3) is 0 Å². The van der Waals surface area contributed by atoms with E-state index in [0.717, 1.165) is 29.9 Å². The van der Waals surface area contributed by atoms with E-state index in [0.29, 0.717) is 12.1 Å². The molecule has 1 fully saturated rings. The van der Waals surface area contributed by atoms with Gasteiger partial charge in [0.1, 0.15) is 0 Å². The largest absolute Gasteiger partial charge is 0.416 e. The van der Waals surface area contributed by atoms with Crippen molar-refractivity contribution in [3.05, 3.63) is 54.1 Å². The molecule has 2 aromatic carbocycles. The zero-order valence-electron chi connectivity index (χ0n) is 15.8. The molecule has 2 aromatic rings. The van der Waals surface area contributed by atoms with Crippen LogP contribution in [0.15, 0.2) is 53.4 Å². The fourth-order valence-electron chi connectivity index (χ4n) is 2.72. The Morgan fingerprint density at radius 2 is 1.72 bits per heavy atom. The van der Waals surface area contributed by atoms with E-state index in [4.69, 9.17) is 0 Å². The highest BCUT2D eigenvalue weighted by molar-refractivity contribution is 8.00. The normalized spacial score (nSPS) is 14.9. The first-order valence-corrected chi connectivity index (χ1v) is 10.2. The zero-order valence-corrected chi connectivity index (χ0v) is 16.6.